The molecule has 4 saturated heterocycles. The van der Waals surface area contributed by atoms with E-state index in [4.69, 9.17) is 47.4 Å². The number of hydrogen-bond acceptors (Lipinski definition) is 19. The summed E-state index contributed by atoms with van der Waals surface area (Å²) in [5.74, 6) is -1.08. The van der Waals surface area contributed by atoms with Gasteiger partial charge >= 0.3 is 12.4 Å². The molecule has 1 amide bonds. The average Bonchev–Trinajstić information content (AvgIpc) is 1.62. The van der Waals surface area contributed by atoms with Crippen molar-refractivity contribution >= 4 is 28.0 Å². The van der Waals surface area contributed by atoms with E-state index >= 15 is 0 Å². The number of aromatic nitrogens is 3. The molecular weight excluding hydrogens is 1930 g/mol. The lowest BCUT2D eigenvalue weighted by atomic mass is 9.83. The minimum Gasteiger partial charge on any atom is -0.470 e. The van der Waals surface area contributed by atoms with Crippen molar-refractivity contribution < 1.29 is 87.3 Å². The molecule has 9 aliphatic rings. The number of amides is 1. The second kappa shape index (κ2) is 47.4. The van der Waals surface area contributed by atoms with E-state index in [9.17, 15) is 39.9 Å². The number of likely N-dealkylation sites (tertiary alicyclic amines) is 4. The molecule has 9 aliphatic heterocycles. The average molecular weight is 2080 g/mol. The van der Waals surface area contributed by atoms with E-state index in [0.717, 1.165) is 170 Å². The number of rotatable bonds is 19. The van der Waals surface area contributed by atoms with Crippen LogP contribution in [0.15, 0.2) is 212 Å². The lowest BCUT2D eigenvalue weighted by Crippen LogP contribution is -2.46. The number of carbonyl (C=O) groups is 1. The zero-order valence-corrected chi connectivity index (χ0v) is 90.8. The molecule has 28 heteroatoms. The van der Waals surface area contributed by atoms with Gasteiger partial charge < -0.3 is 52.3 Å². The van der Waals surface area contributed by atoms with E-state index in [1.807, 2.05) is 38.2 Å². The van der Waals surface area contributed by atoms with Crippen molar-refractivity contribution in [1.29, 1.82) is 0 Å². The maximum absolute atomic E-state index is 13.7. The number of piperidine rings is 4. The summed E-state index contributed by atoms with van der Waals surface area (Å²) in [6.45, 7) is 52.0. The Morgan fingerprint density at radius 2 is 0.758 bits per heavy atom. The van der Waals surface area contributed by atoms with Crippen LogP contribution in [0.2, 0.25) is 0 Å². The topological polar surface area (TPSA) is 164 Å². The number of carbonyl (C=O) groups excluding carboxylic acids is 1. The molecule has 11 aromatic rings. The van der Waals surface area contributed by atoms with E-state index in [-0.39, 0.29) is 74.0 Å². The Morgan fingerprint density at radius 3 is 1.19 bits per heavy atom. The molecule has 8 aromatic carbocycles. The first-order valence-electron chi connectivity index (χ1n) is 52.4. The summed E-state index contributed by atoms with van der Waals surface area (Å²) < 4.78 is 163. The molecule has 0 saturated carbocycles. The maximum atomic E-state index is 13.7. The van der Waals surface area contributed by atoms with Crippen molar-refractivity contribution in [3.63, 3.8) is 0 Å². The summed E-state index contributed by atoms with van der Waals surface area (Å²) in [6.07, 6.45) is 0.194. The van der Waals surface area contributed by atoms with Crippen LogP contribution in [0, 0.1) is 11.8 Å². The van der Waals surface area contributed by atoms with Gasteiger partial charge in [0.2, 0.25) is 11.8 Å². The molecule has 20 rings (SSSR count). The minimum atomic E-state index is -4.53. The van der Waals surface area contributed by atoms with Gasteiger partial charge in [0.05, 0.1) is 110 Å². The second-order valence-electron chi connectivity index (χ2n) is 46.7. The molecule has 3 aromatic heterocycles. The van der Waals surface area contributed by atoms with E-state index in [2.05, 4.69) is 251 Å². The molecule has 1 unspecified atom stereocenters. The minimum absolute atomic E-state index is 0.00995. The fraction of sp³-hybridized carbons (Fsp3) is 0.504. The number of fused-ring (bicyclic) bond motifs is 10. The SMILES string of the molecule is CC(C)(C)OC1CN(CC(F)(F)F)C(=O)c2ccccc21.CC(C)(C)OCc1ccc(CN2CCC3(CC2)OCc2cc(F)ncc23)cc1.CC(C)(C)OCc1ccc(CN2CCC3(CC2)OCc2ccc(F)cc23)cc1.CC(C)(C)OCc1ccc(CN2CCC3(CC2)OCc2ccccc23)cc1.CC(C)(C)OCc1ccc(CN2CCC3(CC2)OCc2ccccc23)s1.CC(C)(C)Oc1nnc(C(F)(F)F)c2ccccc12. The van der Waals surface area contributed by atoms with Gasteiger partial charge in [-0.2, -0.15) is 30.7 Å². The highest BCUT2D eigenvalue weighted by atomic mass is 32.1. The molecule has 149 heavy (non-hydrogen) atoms. The molecule has 1 atom stereocenters. The van der Waals surface area contributed by atoms with Crippen molar-refractivity contribution in [1.82, 2.24) is 39.7 Å². The predicted octanol–water partition coefficient (Wildman–Crippen LogP) is 27.2. The van der Waals surface area contributed by atoms with E-state index < -0.39 is 53.8 Å². The molecule has 0 N–H and O–H groups in total. The van der Waals surface area contributed by atoms with Crippen LogP contribution in [0.4, 0.5) is 35.1 Å². The normalized spacial score (nSPS) is 18.6. The highest BCUT2D eigenvalue weighted by Gasteiger charge is 2.49. The zero-order chi connectivity index (χ0) is 107. The first kappa shape index (κ1) is 113. The van der Waals surface area contributed by atoms with E-state index in [1.165, 1.54) is 89.7 Å². The van der Waals surface area contributed by atoms with Crippen LogP contribution < -0.4 is 4.74 Å². The number of nitrogens with zero attached hydrogens (tertiary/aromatic N) is 8. The van der Waals surface area contributed by atoms with Crippen LogP contribution in [0.5, 0.6) is 5.88 Å². The third-order valence-electron chi connectivity index (χ3n) is 28.1. The van der Waals surface area contributed by atoms with Gasteiger partial charge in [0.1, 0.15) is 24.1 Å². The quantitative estimate of drug-likeness (QED) is 0.0554. The summed E-state index contributed by atoms with van der Waals surface area (Å²) in [5, 5.41) is 7.12. The molecule has 12 heterocycles. The van der Waals surface area contributed by atoms with Crippen molar-refractivity contribution in [2.24, 2.45) is 0 Å². The van der Waals surface area contributed by atoms with Crippen molar-refractivity contribution in [3.05, 3.63) is 329 Å². The number of ether oxygens (including phenoxy) is 10. The van der Waals surface area contributed by atoms with Crippen LogP contribution in [-0.2, 0) is 150 Å². The Labute approximate surface area is 879 Å². The third-order valence-corrected chi connectivity index (χ3v) is 29.2. The summed E-state index contributed by atoms with van der Waals surface area (Å²) in [7, 11) is 0. The van der Waals surface area contributed by atoms with Crippen LogP contribution in [0.1, 0.15) is 291 Å². The molecule has 4 spiro atoms. The smallest absolute Gasteiger partial charge is 0.435 e. The standard InChI is InChI=1S/C24H30FNO2.C24H31NO2.C23H29FN2O2.C22H29NO2S.C15H18F3NO2.C13H13F3N2O/c1-23(2,3)27-16-19-6-4-18(5-7-19)15-26-12-10-24(11-13-26)22-14-21(25)9-8-20(22)17-28-24;1-23(2,3)26-17-20-10-8-19(9-11-20)16-25-14-12-24(13-15-25)22-7-5-4-6-21(22)18-27-24;1-22(2,3)27-15-18-6-4-17(5-7-18)14-26-10-8-23(9-11-26)20-13-25-21(24)12-19(20)16-28-23;1-21(2,3)24-16-19-9-8-18(26-19)14-23-12-10-22(11-13-23)20-7-5-4-6-17(20)15-25-22;1-14(2,3)21-12-8-19(9-15(16,17)18)13(20)11-7-5-4-6-10(11)12;1-12(2,3)19-11-9-7-5-4-6-8(9)10(17-18-11)13(14,15)16/h4-9,14H,10-13,15-17H2,1-3H3;4-11H,12-18H2,1-3H3;4-7,12-13H,8-11,14-16H2,1-3H3;4-9H,10-16H2,1-3H3;4-7,12H,8-9H2,1-3H3;4-7H,1-3H3. The van der Waals surface area contributed by atoms with Gasteiger partial charge in [0, 0.05) is 116 Å². The molecule has 0 bridgehead atoms. The lowest BCUT2D eigenvalue weighted by molar-refractivity contribution is -0.148. The fourth-order valence-electron chi connectivity index (χ4n) is 20.4. The van der Waals surface area contributed by atoms with E-state index in [0.29, 0.717) is 50.6 Å². The first-order valence-corrected chi connectivity index (χ1v) is 53.2. The number of alkyl halides is 6. The van der Waals surface area contributed by atoms with Crippen molar-refractivity contribution in [2.75, 3.05) is 65.4 Å². The Balaban J connectivity index is 0.000000134. The third kappa shape index (κ3) is 31.5. The van der Waals surface area contributed by atoms with Crippen LogP contribution >= 0.6 is 11.3 Å². The van der Waals surface area contributed by atoms with Gasteiger partial charge in [-0.05, 0) is 296 Å². The van der Waals surface area contributed by atoms with E-state index in [1.54, 1.807) is 69.4 Å². The Bertz CT molecular complexity index is 6250. The molecule has 802 valence electrons. The highest BCUT2D eigenvalue weighted by molar-refractivity contribution is 7.11. The number of thiophene rings is 1. The summed E-state index contributed by atoms with van der Waals surface area (Å²) in [4.78, 5) is 29.6. The van der Waals surface area contributed by atoms with Crippen molar-refractivity contribution in [2.45, 2.75) is 329 Å². The van der Waals surface area contributed by atoms with Gasteiger partial charge in [-0.3, -0.25) is 24.4 Å². The Kier molecular flexibility index (Phi) is 36.0. The first-order chi connectivity index (χ1) is 70.3. The lowest BCUT2D eigenvalue weighted by Gasteiger charge is -2.39. The van der Waals surface area contributed by atoms with Gasteiger partial charge in [-0.25, -0.2) is 9.37 Å². The van der Waals surface area contributed by atoms with Gasteiger partial charge in [0.25, 0.3) is 5.91 Å². The van der Waals surface area contributed by atoms with Gasteiger partial charge in [0.15, 0.2) is 5.69 Å². The van der Waals surface area contributed by atoms with Crippen LogP contribution in [-0.4, -0.2) is 151 Å². The summed E-state index contributed by atoms with van der Waals surface area (Å²) in [5.41, 5.74) is 15.3. The number of benzene rings is 8. The van der Waals surface area contributed by atoms with Crippen molar-refractivity contribution in [3.8, 4) is 5.88 Å². The number of hydrogen-bond donors (Lipinski definition) is 0. The second-order valence-corrected chi connectivity index (χ2v) is 47.9. The summed E-state index contributed by atoms with van der Waals surface area (Å²) >= 11 is 1.88. The maximum Gasteiger partial charge on any atom is 0.435 e. The van der Waals surface area contributed by atoms with Crippen LogP contribution in [0.25, 0.3) is 10.8 Å². The molecule has 0 radical (unpaired) electrons. The fourth-order valence-corrected chi connectivity index (χ4v) is 21.4. The highest BCUT2D eigenvalue weighted by Crippen LogP contribution is 2.50. The number of pyridine rings is 1. The molecule has 4 fully saturated rings. The molecule has 19 nitrogen and oxygen atoms in total. The van der Waals surface area contributed by atoms with Crippen LogP contribution in [0.3, 0.4) is 0 Å². The zero-order valence-electron chi connectivity index (χ0n) is 90.0. The predicted molar refractivity (Wildman–Crippen MR) is 566 cm³/mol. The molecular formula is C121H150F8N8O11S. The van der Waals surface area contributed by atoms with Gasteiger partial charge in [-0.15, -0.1) is 21.5 Å². The Morgan fingerprint density at radius 1 is 0.376 bits per heavy atom. The van der Waals surface area contributed by atoms with Gasteiger partial charge in [-0.1, -0.05) is 164 Å². The molecule has 0 aliphatic carbocycles. The number of halogens is 8. The Hall–Kier alpha value is -9.86. The monoisotopic (exact) mass is 2080 g/mol. The summed E-state index contributed by atoms with van der Waals surface area (Å²) in [6, 6.07) is 67.6. The largest absolute Gasteiger partial charge is 0.470 e.